The molecule has 19 heavy (non-hydrogen) atoms. The van der Waals surface area contributed by atoms with Crippen LogP contribution in [0.4, 0.5) is 16.2 Å². The van der Waals surface area contributed by atoms with Crippen molar-refractivity contribution in [2.75, 3.05) is 23.8 Å². The van der Waals surface area contributed by atoms with Crippen molar-refractivity contribution in [1.82, 2.24) is 5.32 Å². The summed E-state index contributed by atoms with van der Waals surface area (Å²) in [6, 6.07) is 4.65. The molecule has 1 aliphatic heterocycles. The minimum Gasteiger partial charge on any atom is -0.374 e. The monoisotopic (exact) mass is 262 g/mol. The largest absolute Gasteiger partial charge is 0.374 e. The lowest BCUT2D eigenvalue weighted by atomic mass is 10.1. The first-order valence-electron chi connectivity index (χ1n) is 6.18. The molecule has 0 aromatic heterocycles. The molecule has 3 amide bonds. The number of nitrogens with two attached hydrogens (primary N) is 1. The summed E-state index contributed by atoms with van der Waals surface area (Å²) in [6.45, 7) is 2.53. The Balaban J connectivity index is 2.00. The highest BCUT2D eigenvalue weighted by Gasteiger charge is 2.17. The van der Waals surface area contributed by atoms with E-state index in [4.69, 9.17) is 5.73 Å². The molecule has 0 saturated carbocycles. The van der Waals surface area contributed by atoms with Crippen LogP contribution in [0.3, 0.4) is 0 Å². The molecule has 1 atom stereocenters. The zero-order chi connectivity index (χ0) is 14.0. The first-order chi connectivity index (χ1) is 8.97. The van der Waals surface area contributed by atoms with Crippen molar-refractivity contribution < 1.29 is 9.59 Å². The van der Waals surface area contributed by atoms with Gasteiger partial charge >= 0.3 is 6.03 Å². The Labute approximate surface area is 112 Å². The number of carbonyl (C=O) groups excluding carboxylic acids is 2. The zero-order valence-electron chi connectivity index (χ0n) is 11.1. The molecule has 0 aliphatic carbocycles. The summed E-state index contributed by atoms with van der Waals surface area (Å²) in [6.07, 6.45) is 0.973. The highest BCUT2D eigenvalue weighted by Crippen LogP contribution is 2.28. The molecule has 1 aromatic carbocycles. The van der Waals surface area contributed by atoms with E-state index in [2.05, 4.69) is 15.5 Å². The van der Waals surface area contributed by atoms with E-state index in [1.54, 1.807) is 6.92 Å². The maximum Gasteiger partial charge on any atom is 0.319 e. The molecule has 4 N–H and O–H groups in total. The van der Waals surface area contributed by atoms with Crippen LogP contribution in [-0.2, 0) is 11.2 Å². The Morgan fingerprint density at radius 3 is 2.84 bits per heavy atom. The van der Waals surface area contributed by atoms with Crippen LogP contribution >= 0.6 is 0 Å². The van der Waals surface area contributed by atoms with Crippen molar-refractivity contribution in [2.24, 2.45) is 5.73 Å². The van der Waals surface area contributed by atoms with Crippen molar-refractivity contribution in [3.63, 3.8) is 0 Å². The van der Waals surface area contributed by atoms with Gasteiger partial charge in [-0.2, -0.15) is 0 Å². The molecule has 1 unspecified atom stereocenters. The number of anilines is 2. The second kappa shape index (κ2) is 5.17. The number of primary amides is 1. The smallest absolute Gasteiger partial charge is 0.319 e. The first-order valence-corrected chi connectivity index (χ1v) is 6.18. The SMILES string of the molecule is CC(NC(=O)Nc1ccc2c(c1)CCN2C)C(N)=O. The topological polar surface area (TPSA) is 87.5 Å². The molecule has 0 bridgehead atoms. The average molecular weight is 262 g/mol. The molecule has 6 nitrogen and oxygen atoms in total. The molecule has 1 aliphatic rings. The lowest BCUT2D eigenvalue weighted by Gasteiger charge is -2.14. The molecule has 0 spiro atoms. The quantitative estimate of drug-likeness (QED) is 0.748. The molecule has 6 heteroatoms. The van der Waals surface area contributed by atoms with Gasteiger partial charge in [-0.15, -0.1) is 0 Å². The molecule has 0 fully saturated rings. The van der Waals surface area contributed by atoms with Gasteiger partial charge in [0, 0.05) is 25.0 Å². The maximum absolute atomic E-state index is 11.7. The molecular formula is C13H18N4O2. The number of hydrogen-bond donors (Lipinski definition) is 3. The summed E-state index contributed by atoms with van der Waals surface area (Å²) in [7, 11) is 2.04. The molecular weight excluding hydrogens is 244 g/mol. The molecule has 0 radical (unpaired) electrons. The van der Waals surface area contributed by atoms with Crippen molar-refractivity contribution >= 4 is 23.3 Å². The van der Waals surface area contributed by atoms with Crippen molar-refractivity contribution in [3.8, 4) is 0 Å². The normalized spacial score (nSPS) is 14.7. The number of urea groups is 1. The van der Waals surface area contributed by atoms with Gasteiger partial charge in [0.25, 0.3) is 0 Å². The van der Waals surface area contributed by atoms with E-state index in [-0.39, 0.29) is 0 Å². The highest BCUT2D eigenvalue weighted by molar-refractivity contribution is 5.93. The van der Waals surface area contributed by atoms with Crippen LogP contribution in [0.25, 0.3) is 0 Å². The standard InChI is InChI=1S/C13H18N4O2/c1-8(12(14)18)15-13(19)16-10-3-4-11-9(7-10)5-6-17(11)2/h3-4,7-8H,5-6H2,1-2H3,(H2,14,18)(H2,15,16,19). The number of likely N-dealkylation sites (N-methyl/N-ethyl adjacent to an activating group) is 1. The molecule has 102 valence electrons. The molecule has 0 saturated heterocycles. The lowest BCUT2D eigenvalue weighted by molar-refractivity contribution is -0.119. The third kappa shape index (κ3) is 2.96. The summed E-state index contributed by atoms with van der Waals surface area (Å²) in [4.78, 5) is 24.7. The van der Waals surface area contributed by atoms with Crippen molar-refractivity contribution in [3.05, 3.63) is 23.8 Å². The molecule has 1 aromatic rings. The fraction of sp³-hybridized carbons (Fsp3) is 0.385. The summed E-state index contributed by atoms with van der Waals surface area (Å²) in [5, 5.41) is 5.17. The fourth-order valence-corrected chi connectivity index (χ4v) is 2.08. The van der Waals surface area contributed by atoms with E-state index in [1.807, 2.05) is 25.2 Å². The fourth-order valence-electron chi connectivity index (χ4n) is 2.08. The summed E-state index contributed by atoms with van der Waals surface area (Å²) < 4.78 is 0. The maximum atomic E-state index is 11.7. The number of fused-ring (bicyclic) bond motifs is 1. The first kappa shape index (κ1) is 13.2. The van der Waals surface area contributed by atoms with Crippen molar-refractivity contribution in [1.29, 1.82) is 0 Å². The number of hydrogen-bond acceptors (Lipinski definition) is 3. The van der Waals surface area contributed by atoms with E-state index < -0.39 is 18.0 Å². The van der Waals surface area contributed by atoms with Gasteiger partial charge in [0.2, 0.25) is 5.91 Å². The van der Waals surface area contributed by atoms with Gasteiger partial charge in [-0.3, -0.25) is 4.79 Å². The van der Waals surface area contributed by atoms with Crippen molar-refractivity contribution in [2.45, 2.75) is 19.4 Å². The number of nitrogens with one attached hydrogen (secondary N) is 2. The van der Waals surface area contributed by atoms with E-state index in [9.17, 15) is 9.59 Å². The Kier molecular flexibility index (Phi) is 3.59. The minimum absolute atomic E-state index is 0.433. The van der Waals surface area contributed by atoms with Crippen LogP contribution in [0.5, 0.6) is 0 Å². The minimum atomic E-state index is -0.694. The third-order valence-electron chi connectivity index (χ3n) is 3.24. The van der Waals surface area contributed by atoms with Gasteiger partial charge in [0.1, 0.15) is 6.04 Å². The van der Waals surface area contributed by atoms with E-state index >= 15 is 0 Å². The van der Waals surface area contributed by atoms with E-state index in [0.29, 0.717) is 5.69 Å². The number of benzene rings is 1. The van der Waals surface area contributed by atoms with Gasteiger partial charge in [0.05, 0.1) is 0 Å². The van der Waals surface area contributed by atoms with Crippen LogP contribution in [0, 0.1) is 0 Å². The predicted octanol–water partition coefficient (Wildman–Crippen LogP) is 0.674. The van der Waals surface area contributed by atoms with Gasteiger partial charge < -0.3 is 21.3 Å². The Hall–Kier alpha value is -2.24. The Morgan fingerprint density at radius 1 is 1.42 bits per heavy atom. The molecule has 1 heterocycles. The van der Waals surface area contributed by atoms with Crippen LogP contribution < -0.4 is 21.3 Å². The number of nitrogens with zero attached hydrogens (tertiary/aromatic N) is 1. The van der Waals surface area contributed by atoms with Crippen LogP contribution in [0.2, 0.25) is 0 Å². The van der Waals surface area contributed by atoms with Gasteiger partial charge in [-0.05, 0) is 37.1 Å². The van der Waals surface area contributed by atoms with E-state index in [0.717, 1.165) is 13.0 Å². The number of rotatable bonds is 3. The van der Waals surface area contributed by atoms with Crippen LogP contribution in [0.15, 0.2) is 18.2 Å². The predicted molar refractivity (Wildman–Crippen MR) is 74.2 cm³/mol. The summed E-state index contributed by atoms with van der Waals surface area (Å²) in [5.41, 5.74) is 8.19. The van der Waals surface area contributed by atoms with Gasteiger partial charge in [-0.1, -0.05) is 0 Å². The average Bonchev–Trinajstić information content (AvgIpc) is 2.70. The Bertz CT molecular complexity index is 515. The van der Waals surface area contributed by atoms with Crippen LogP contribution in [0.1, 0.15) is 12.5 Å². The number of carbonyl (C=O) groups is 2. The lowest BCUT2D eigenvalue weighted by Crippen LogP contribution is -2.44. The Morgan fingerprint density at radius 2 is 2.16 bits per heavy atom. The summed E-state index contributed by atoms with van der Waals surface area (Å²) >= 11 is 0. The summed E-state index contributed by atoms with van der Waals surface area (Å²) in [5.74, 6) is -0.564. The number of amides is 3. The van der Waals surface area contributed by atoms with Crippen LogP contribution in [-0.4, -0.2) is 31.6 Å². The van der Waals surface area contributed by atoms with E-state index in [1.165, 1.54) is 11.3 Å². The third-order valence-corrected chi connectivity index (χ3v) is 3.24. The second-order valence-electron chi connectivity index (χ2n) is 4.74. The second-order valence-corrected chi connectivity index (χ2v) is 4.74. The molecule has 2 rings (SSSR count). The zero-order valence-corrected chi connectivity index (χ0v) is 11.1. The highest BCUT2D eigenvalue weighted by atomic mass is 16.2. The van der Waals surface area contributed by atoms with Gasteiger partial charge in [0.15, 0.2) is 0 Å². The van der Waals surface area contributed by atoms with Gasteiger partial charge in [-0.25, -0.2) is 4.79 Å².